The fourth-order valence-corrected chi connectivity index (χ4v) is 3.14. The number of hydrogen-bond donors (Lipinski definition) is 3. The molecule has 4 nitrogen and oxygen atoms in total. The molecule has 2 aromatic carbocycles. The number of carbonyl (C=O) groups is 1. The minimum atomic E-state index is -0.0975. The fraction of sp³-hybridized carbons (Fsp3) is 0.316. The summed E-state index contributed by atoms with van der Waals surface area (Å²) in [4.78, 5) is 12.1. The second-order valence-corrected chi connectivity index (χ2v) is 6.52. The van der Waals surface area contributed by atoms with Crippen molar-refractivity contribution in [3.8, 4) is 0 Å². The Morgan fingerprint density at radius 2 is 2.04 bits per heavy atom. The van der Waals surface area contributed by atoms with E-state index in [1.165, 1.54) is 5.56 Å². The number of hydrogen-bond acceptors (Lipinski definition) is 3. The number of nitrogens with one attached hydrogen (secondary N) is 3. The number of carbonyl (C=O) groups excluding carboxylic acids is 1. The molecule has 2 atom stereocenters. The van der Waals surface area contributed by atoms with Crippen LogP contribution in [0.5, 0.6) is 0 Å². The third-order valence-electron chi connectivity index (χ3n) is 4.29. The van der Waals surface area contributed by atoms with E-state index in [0.717, 1.165) is 30.8 Å². The van der Waals surface area contributed by atoms with Crippen molar-refractivity contribution >= 4 is 28.9 Å². The second-order valence-electron chi connectivity index (χ2n) is 6.11. The monoisotopic (exact) mass is 343 g/mol. The van der Waals surface area contributed by atoms with Crippen LogP contribution in [0.4, 0.5) is 11.4 Å². The Morgan fingerprint density at radius 3 is 2.71 bits per heavy atom. The van der Waals surface area contributed by atoms with E-state index in [9.17, 15) is 4.79 Å². The van der Waals surface area contributed by atoms with Crippen molar-refractivity contribution in [2.45, 2.75) is 31.8 Å². The average molecular weight is 344 g/mol. The smallest absolute Gasteiger partial charge is 0.241 e. The lowest BCUT2D eigenvalue weighted by molar-refractivity contribution is -0.117. The summed E-state index contributed by atoms with van der Waals surface area (Å²) in [5, 5.41) is 10.1. The van der Waals surface area contributed by atoms with Crippen LogP contribution in [0, 0.1) is 0 Å². The fourth-order valence-electron chi connectivity index (χ4n) is 2.91. The van der Waals surface area contributed by atoms with E-state index >= 15 is 0 Å². The highest BCUT2D eigenvalue weighted by molar-refractivity contribution is 6.33. The van der Waals surface area contributed by atoms with Crippen LogP contribution in [-0.4, -0.2) is 18.5 Å². The number of halogens is 1. The van der Waals surface area contributed by atoms with E-state index in [2.05, 4.69) is 35.0 Å². The summed E-state index contributed by atoms with van der Waals surface area (Å²) in [5.74, 6) is 0.00179. The van der Waals surface area contributed by atoms with Gasteiger partial charge < -0.3 is 16.0 Å². The lowest BCUT2D eigenvalue weighted by atomic mass is 10.1. The summed E-state index contributed by atoms with van der Waals surface area (Å²) in [6.45, 7) is 2.99. The summed E-state index contributed by atoms with van der Waals surface area (Å²) < 4.78 is 0. The van der Waals surface area contributed by atoms with Crippen LogP contribution < -0.4 is 16.0 Å². The third-order valence-corrected chi connectivity index (χ3v) is 4.60. The van der Waals surface area contributed by atoms with Crippen molar-refractivity contribution in [3.63, 3.8) is 0 Å². The van der Waals surface area contributed by atoms with E-state index < -0.39 is 0 Å². The molecule has 3 rings (SSSR count). The molecule has 0 radical (unpaired) electrons. The molecule has 1 saturated heterocycles. The van der Waals surface area contributed by atoms with Gasteiger partial charge in [-0.3, -0.25) is 4.79 Å². The average Bonchev–Trinajstić information content (AvgIpc) is 3.13. The third kappa shape index (κ3) is 4.08. The molecule has 1 aliphatic heterocycles. The number of benzene rings is 2. The van der Waals surface area contributed by atoms with Gasteiger partial charge in [0.25, 0.3) is 0 Å². The van der Waals surface area contributed by atoms with Crippen molar-refractivity contribution in [3.05, 3.63) is 59.1 Å². The van der Waals surface area contributed by atoms with Gasteiger partial charge in [-0.25, -0.2) is 0 Å². The number of amides is 1. The minimum Gasteiger partial charge on any atom is -0.377 e. The van der Waals surface area contributed by atoms with Crippen molar-refractivity contribution in [1.82, 2.24) is 5.32 Å². The molecular weight excluding hydrogens is 322 g/mol. The first-order valence-corrected chi connectivity index (χ1v) is 8.66. The van der Waals surface area contributed by atoms with Crippen LogP contribution in [0.25, 0.3) is 0 Å². The van der Waals surface area contributed by atoms with Gasteiger partial charge in [0.2, 0.25) is 5.91 Å². The van der Waals surface area contributed by atoms with Gasteiger partial charge >= 0.3 is 0 Å². The van der Waals surface area contributed by atoms with Crippen molar-refractivity contribution < 1.29 is 4.79 Å². The Labute approximate surface area is 147 Å². The maximum atomic E-state index is 12.1. The summed E-state index contributed by atoms with van der Waals surface area (Å²) >= 11 is 6.37. The predicted molar refractivity (Wildman–Crippen MR) is 99.6 cm³/mol. The molecule has 2 aromatic rings. The van der Waals surface area contributed by atoms with Gasteiger partial charge in [-0.05, 0) is 50.1 Å². The first kappa shape index (κ1) is 16.8. The van der Waals surface area contributed by atoms with Gasteiger partial charge in [-0.1, -0.05) is 41.9 Å². The summed E-state index contributed by atoms with van der Waals surface area (Å²) in [7, 11) is 0. The van der Waals surface area contributed by atoms with Crippen LogP contribution in [0.15, 0.2) is 48.5 Å². The zero-order chi connectivity index (χ0) is 16.9. The maximum Gasteiger partial charge on any atom is 0.241 e. The van der Waals surface area contributed by atoms with Crippen LogP contribution >= 0.6 is 11.6 Å². The Kier molecular flexibility index (Phi) is 5.38. The van der Waals surface area contributed by atoms with Gasteiger partial charge in [0.15, 0.2) is 0 Å². The van der Waals surface area contributed by atoms with Crippen LogP contribution in [-0.2, 0) is 4.79 Å². The highest BCUT2D eigenvalue weighted by Crippen LogP contribution is 2.29. The van der Waals surface area contributed by atoms with Gasteiger partial charge in [0, 0.05) is 11.7 Å². The quantitative estimate of drug-likeness (QED) is 0.762. The molecule has 3 N–H and O–H groups in total. The standard InChI is InChI=1S/C19H22ClN3O/c1-13(14-6-3-2-4-7-14)22-17-10-9-15(12-16(17)20)23-19(24)18-8-5-11-21-18/h2-4,6-7,9-10,12-13,18,21-22H,5,8,11H2,1H3,(H,23,24). The molecular formula is C19H22ClN3O. The molecule has 0 bridgehead atoms. The molecule has 1 aliphatic rings. The number of rotatable bonds is 5. The van der Waals surface area contributed by atoms with Crippen LogP contribution in [0.1, 0.15) is 31.4 Å². The molecule has 126 valence electrons. The molecule has 0 saturated carbocycles. The van der Waals surface area contributed by atoms with Crippen molar-refractivity contribution in [2.24, 2.45) is 0 Å². The van der Waals surface area contributed by atoms with E-state index in [1.54, 1.807) is 6.07 Å². The molecule has 1 fully saturated rings. The largest absolute Gasteiger partial charge is 0.377 e. The normalized spacial score (nSPS) is 18.2. The maximum absolute atomic E-state index is 12.1. The molecule has 24 heavy (non-hydrogen) atoms. The van der Waals surface area contributed by atoms with Crippen LogP contribution in [0.3, 0.4) is 0 Å². The molecule has 0 aromatic heterocycles. The molecule has 1 amide bonds. The van der Waals surface area contributed by atoms with Gasteiger partial charge in [-0.15, -0.1) is 0 Å². The molecule has 5 heteroatoms. The Balaban J connectivity index is 1.65. The highest BCUT2D eigenvalue weighted by Gasteiger charge is 2.22. The SMILES string of the molecule is CC(Nc1ccc(NC(=O)C2CCCN2)cc1Cl)c1ccccc1. The second kappa shape index (κ2) is 7.69. The molecule has 2 unspecified atom stereocenters. The summed E-state index contributed by atoms with van der Waals surface area (Å²) in [5.41, 5.74) is 2.76. The first-order valence-electron chi connectivity index (χ1n) is 8.29. The Morgan fingerprint density at radius 1 is 1.25 bits per heavy atom. The minimum absolute atomic E-state index is 0.00179. The Hall–Kier alpha value is -2.04. The summed E-state index contributed by atoms with van der Waals surface area (Å²) in [6, 6.07) is 15.8. The molecule has 0 spiro atoms. The molecule has 1 heterocycles. The van der Waals surface area contributed by atoms with Gasteiger partial charge in [0.1, 0.15) is 0 Å². The zero-order valence-electron chi connectivity index (χ0n) is 13.7. The van der Waals surface area contributed by atoms with Gasteiger partial charge in [0.05, 0.1) is 16.8 Å². The van der Waals surface area contributed by atoms with Gasteiger partial charge in [-0.2, -0.15) is 0 Å². The first-order chi connectivity index (χ1) is 11.6. The van der Waals surface area contributed by atoms with E-state index in [0.29, 0.717) is 5.02 Å². The topological polar surface area (TPSA) is 53.2 Å². The van der Waals surface area contributed by atoms with Crippen molar-refractivity contribution in [2.75, 3.05) is 17.2 Å². The number of anilines is 2. The summed E-state index contributed by atoms with van der Waals surface area (Å²) in [6.07, 6.45) is 1.92. The van der Waals surface area contributed by atoms with Crippen molar-refractivity contribution in [1.29, 1.82) is 0 Å². The predicted octanol–water partition coefficient (Wildman–Crippen LogP) is 4.20. The highest BCUT2D eigenvalue weighted by atomic mass is 35.5. The van der Waals surface area contributed by atoms with Crippen LogP contribution in [0.2, 0.25) is 5.02 Å². The lowest BCUT2D eigenvalue weighted by Gasteiger charge is -2.18. The van der Waals surface area contributed by atoms with E-state index in [-0.39, 0.29) is 18.0 Å². The zero-order valence-corrected chi connectivity index (χ0v) is 14.4. The van der Waals surface area contributed by atoms with E-state index in [4.69, 9.17) is 11.6 Å². The van der Waals surface area contributed by atoms with E-state index in [1.807, 2.05) is 30.3 Å². The lowest BCUT2D eigenvalue weighted by Crippen LogP contribution is -2.35. The Bertz CT molecular complexity index is 699. The molecule has 0 aliphatic carbocycles.